The molecule has 0 fully saturated rings. The highest BCUT2D eigenvalue weighted by molar-refractivity contribution is 7.14. The summed E-state index contributed by atoms with van der Waals surface area (Å²) in [5.41, 5.74) is 2.02. The Kier molecular flexibility index (Phi) is 5.35. The fraction of sp³-hybridized carbons (Fsp3) is 0.333. The quantitative estimate of drug-likeness (QED) is 0.826. The molecule has 2 N–H and O–H groups in total. The molecule has 0 spiro atoms. The Morgan fingerprint density at radius 2 is 2.12 bits per heavy atom. The van der Waals surface area contributed by atoms with E-state index in [2.05, 4.69) is 5.32 Å². The van der Waals surface area contributed by atoms with E-state index in [0.717, 1.165) is 17.5 Å². The smallest absolute Gasteiger partial charge is 0.341 e. The Morgan fingerprint density at radius 3 is 2.80 bits per heavy atom. The van der Waals surface area contributed by atoms with Crippen molar-refractivity contribution in [3.63, 3.8) is 0 Å². The normalized spacial score (nSPS) is 14.4. The molecule has 1 aliphatic heterocycles. The molecule has 1 aromatic heterocycles. The van der Waals surface area contributed by atoms with Gasteiger partial charge in [-0.05, 0) is 36.2 Å². The maximum atomic E-state index is 12.5. The zero-order valence-electron chi connectivity index (χ0n) is 13.8. The van der Waals surface area contributed by atoms with Gasteiger partial charge in [0.25, 0.3) is 5.91 Å². The topological polar surface area (TPSA) is 84.9 Å². The van der Waals surface area contributed by atoms with E-state index < -0.39 is 5.97 Å². The van der Waals surface area contributed by atoms with E-state index >= 15 is 0 Å². The summed E-state index contributed by atoms with van der Waals surface area (Å²) >= 11 is 1.52. The van der Waals surface area contributed by atoms with Crippen LogP contribution in [0.1, 0.15) is 38.6 Å². The molecule has 1 amide bonds. The standard InChI is InChI=1S/C18H19NO5S/c1-11(12-2-4-14(5-3-12)24-10-17(20)21)19-18(22)16-8-13-9-23-7-6-15(13)25-16/h2-5,8,11H,6-7,9-10H2,1H3,(H,19,22)(H,20,21). The number of aliphatic carboxylic acids is 1. The van der Waals surface area contributed by atoms with Crippen LogP contribution in [0, 0.1) is 0 Å². The van der Waals surface area contributed by atoms with Gasteiger partial charge in [-0.1, -0.05) is 12.1 Å². The predicted molar refractivity (Wildman–Crippen MR) is 93.1 cm³/mol. The molecule has 0 radical (unpaired) electrons. The predicted octanol–water partition coefficient (Wildman–Crippen LogP) is 2.78. The van der Waals surface area contributed by atoms with Crippen molar-refractivity contribution in [1.82, 2.24) is 5.32 Å². The number of ether oxygens (including phenoxy) is 2. The van der Waals surface area contributed by atoms with Gasteiger partial charge < -0.3 is 19.9 Å². The van der Waals surface area contributed by atoms with Crippen LogP contribution in [0.15, 0.2) is 30.3 Å². The van der Waals surface area contributed by atoms with Gasteiger partial charge in [0.1, 0.15) is 5.75 Å². The van der Waals surface area contributed by atoms with E-state index in [0.29, 0.717) is 23.8 Å². The molecule has 132 valence electrons. The van der Waals surface area contributed by atoms with Crippen molar-refractivity contribution in [3.8, 4) is 5.75 Å². The number of fused-ring (bicyclic) bond motifs is 1. The van der Waals surface area contributed by atoms with Gasteiger partial charge in [0.2, 0.25) is 0 Å². The monoisotopic (exact) mass is 361 g/mol. The van der Waals surface area contributed by atoms with Crippen molar-refractivity contribution in [1.29, 1.82) is 0 Å². The molecule has 0 saturated carbocycles. The minimum atomic E-state index is -1.02. The minimum absolute atomic E-state index is 0.0990. The van der Waals surface area contributed by atoms with Crippen LogP contribution in [0.5, 0.6) is 5.75 Å². The van der Waals surface area contributed by atoms with E-state index in [4.69, 9.17) is 14.6 Å². The third-order valence-electron chi connectivity index (χ3n) is 3.94. The van der Waals surface area contributed by atoms with Gasteiger partial charge in [-0.3, -0.25) is 4.79 Å². The van der Waals surface area contributed by atoms with E-state index in [1.165, 1.54) is 16.2 Å². The fourth-order valence-electron chi connectivity index (χ4n) is 2.61. The number of carbonyl (C=O) groups excluding carboxylic acids is 1. The van der Waals surface area contributed by atoms with Crippen LogP contribution in [-0.2, 0) is 22.6 Å². The highest BCUT2D eigenvalue weighted by atomic mass is 32.1. The summed E-state index contributed by atoms with van der Waals surface area (Å²) in [5.74, 6) is -0.637. The van der Waals surface area contributed by atoms with Crippen molar-refractivity contribution in [2.75, 3.05) is 13.2 Å². The van der Waals surface area contributed by atoms with Crippen LogP contribution in [0.2, 0.25) is 0 Å². The molecule has 3 rings (SSSR count). The highest BCUT2D eigenvalue weighted by Gasteiger charge is 2.19. The summed E-state index contributed by atoms with van der Waals surface area (Å²) in [7, 11) is 0. The molecule has 0 aliphatic carbocycles. The van der Waals surface area contributed by atoms with E-state index in [1.54, 1.807) is 12.1 Å². The van der Waals surface area contributed by atoms with Gasteiger partial charge in [0.05, 0.1) is 24.1 Å². The number of hydrogen-bond acceptors (Lipinski definition) is 5. The SMILES string of the molecule is CC(NC(=O)c1cc2c(s1)CCOC2)c1ccc(OCC(=O)O)cc1. The van der Waals surface area contributed by atoms with Gasteiger partial charge in [-0.25, -0.2) is 4.79 Å². The number of carboxylic acids is 1. The average Bonchev–Trinajstić information content (AvgIpc) is 3.04. The average molecular weight is 361 g/mol. The summed E-state index contributed by atoms with van der Waals surface area (Å²) in [5, 5.41) is 11.6. The van der Waals surface area contributed by atoms with Crippen molar-refractivity contribution in [3.05, 3.63) is 51.2 Å². The van der Waals surface area contributed by atoms with Crippen LogP contribution in [0.4, 0.5) is 0 Å². The molecule has 25 heavy (non-hydrogen) atoms. The fourth-order valence-corrected chi connectivity index (χ4v) is 3.66. The molecule has 0 saturated heterocycles. The molecule has 0 bridgehead atoms. The number of hydrogen-bond donors (Lipinski definition) is 2. The number of thiophene rings is 1. The first-order valence-corrected chi connectivity index (χ1v) is 8.79. The molecule has 1 aromatic carbocycles. The maximum Gasteiger partial charge on any atom is 0.341 e. The number of amides is 1. The number of nitrogens with one attached hydrogen (secondary N) is 1. The molecular formula is C18H19NO5S. The van der Waals surface area contributed by atoms with Crippen molar-refractivity contribution < 1.29 is 24.2 Å². The van der Waals surface area contributed by atoms with Crippen LogP contribution >= 0.6 is 11.3 Å². The van der Waals surface area contributed by atoms with Gasteiger partial charge in [0.15, 0.2) is 6.61 Å². The van der Waals surface area contributed by atoms with E-state index in [-0.39, 0.29) is 18.6 Å². The third kappa shape index (κ3) is 4.37. The first-order chi connectivity index (χ1) is 12.0. The molecule has 6 nitrogen and oxygen atoms in total. The van der Waals surface area contributed by atoms with Gasteiger partial charge in [-0.15, -0.1) is 11.3 Å². The molecule has 2 aromatic rings. The first kappa shape index (κ1) is 17.4. The van der Waals surface area contributed by atoms with Gasteiger partial charge in [-0.2, -0.15) is 0 Å². The Balaban J connectivity index is 1.61. The van der Waals surface area contributed by atoms with E-state index in [1.807, 2.05) is 25.1 Å². The second kappa shape index (κ2) is 7.67. The molecule has 2 heterocycles. The summed E-state index contributed by atoms with van der Waals surface area (Å²) in [4.78, 5) is 24.9. The highest BCUT2D eigenvalue weighted by Crippen LogP contribution is 2.27. The zero-order valence-corrected chi connectivity index (χ0v) is 14.6. The Morgan fingerprint density at radius 1 is 1.36 bits per heavy atom. The second-order valence-corrected chi connectivity index (χ2v) is 6.94. The largest absolute Gasteiger partial charge is 0.482 e. The summed E-state index contributed by atoms with van der Waals surface area (Å²) in [6, 6.07) is 8.76. The summed E-state index contributed by atoms with van der Waals surface area (Å²) in [6.45, 7) is 2.81. The zero-order chi connectivity index (χ0) is 17.8. The lowest BCUT2D eigenvalue weighted by molar-refractivity contribution is -0.139. The number of benzene rings is 1. The number of carbonyl (C=O) groups is 2. The number of carboxylic acid groups (broad SMARTS) is 1. The molecule has 1 aliphatic rings. The lowest BCUT2D eigenvalue weighted by atomic mass is 10.1. The Bertz CT molecular complexity index is 745. The number of rotatable bonds is 6. The molecule has 1 unspecified atom stereocenters. The second-order valence-electron chi connectivity index (χ2n) is 5.81. The van der Waals surface area contributed by atoms with Crippen molar-refractivity contribution in [2.45, 2.75) is 26.0 Å². The lowest BCUT2D eigenvalue weighted by Crippen LogP contribution is -2.25. The Hall–Kier alpha value is -2.38. The Labute approximate surface area is 149 Å². The summed E-state index contributed by atoms with van der Waals surface area (Å²) < 4.78 is 10.5. The minimum Gasteiger partial charge on any atom is -0.482 e. The van der Waals surface area contributed by atoms with E-state index in [9.17, 15) is 9.59 Å². The molecular weight excluding hydrogens is 342 g/mol. The summed E-state index contributed by atoms with van der Waals surface area (Å²) in [6.07, 6.45) is 0.862. The van der Waals surface area contributed by atoms with Gasteiger partial charge in [0, 0.05) is 11.3 Å². The molecule has 7 heteroatoms. The van der Waals surface area contributed by atoms with Crippen molar-refractivity contribution >= 4 is 23.2 Å². The van der Waals surface area contributed by atoms with Crippen molar-refractivity contribution in [2.24, 2.45) is 0 Å². The third-order valence-corrected chi connectivity index (χ3v) is 5.18. The van der Waals surface area contributed by atoms with Gasteiger partial charge >= 0.3 is 5.97 Å². The molecule has 1 atom stereocenters. The first-order valence-electron chi connectivity index (χ1n) is 7.97. The van der Waals surface area contributed by atoms with Crippen LogP contribution in [0.3, 0.4) is 0 Å². The maximum absolute atomic E-state index is 12.5. The van der Waals surface area contributed by atoms with Crippen LogP contribution < -0.4 is 10.1 Å². The lowest BCUT2D eigenvalue weighted by Gasteiger charge is -2.14. The van der Waals surface area contributed by atoms with Crippen LogP contribution in [-0.4, -0.2) is 30.2 Å². The van der Waals surface area contributed by atoms with Crippen LogP contribution in [0.25, 0.3) is 0 Å².